The maximum Gasteiger partial charge on any atom is 0.0300 e. The van der Waals surface area contributed by atoms with Gasteiger partial charge >= 0.3 is 0 Å². The molecule has 2 nitrogen and oxygen atoms in total. The Morgan fingerprint density at radius 2 is 2.06 bits per heavy atom. The first-order valence-corrected chi connectivity index (χ1v) is 6.80. The van der Waals surface area contributed by atoms with E-state index in [0.29, 0.717) is 6.04 Å². The number of hydrogen-bond donors (Lipinski definition) is 1. The second-order valence-electron chi connectivity index (χ2n) is 5.29. The number of pyridine rings is 1. The van der Waals surface area contributed by atoms with Gasteiger partial charge in [0.1, 0.15) is 0 Å². The van der Waals surface area contributed by atoms with Crippen LogP contribution in [0.3, 0.4) is 0 Å². The SMILES string of the molecule is CC(C)CCCC(C)NCCc1cccnc1. The van der Waals surface area contributed by atoms with Gasteiger partial charge in [-0.25, -0.2) is 0 Å². The minimum Gasteiger partial charge on any atom is -0.314 e. The van der Waals surface area contributed by atoms with Gasteiger partial charge in [0.15, 0.2) is 0 Å². The van der Waals surface area contributed by atoms with Crippen molar-refractivity contribution in [2.75, 3.05) is 6.54 Å². The third-order valence-corrected chi connectivity index (χ3v) is 3.05. The summed E-state index contributed by atoms with van der Waals surface area (Å²) in [7, 11) is 0. The van der Waals surface area contributed by atoms with Crippen LogP contribution in [0.4, 0.5) is 0 Å². The van der Waals surface area contributed by atoms with Crippen molar-refractivity contribution in [1.82, 2.24) is 10.3 Å². The van der Waals surface area contributed by atoms with Crippen LogP contribution in [0.5, 0.6) is 0 Å². The number of nitrogens with one attached hydrogen (secondary N) is 1. The summed E-state index contributed by atoms with van der Waals surface area (Å²) in [6, 6.07) is 4.77. The summed E-state index contributed by atoms with van der Waals surface area (Å²) >= 11 is 0. The zero-order chi connectivity index (χ0) is 12.5. The number of aromatic nitrogens is 1. The smallest absolute Gasteiger partial charge is 0.0300 e. The van der Waals surface area contributed by atoms with Gasteiger partial charge in [0.05, 0.1) is 0 Å². The van der Waals surface area contributed by atoms with Crippen LogP contribution in [-0.2, 0) is 6.42 Å². The van der Waals surface area contributed by atoms with E-state index in [2.05, 4.69) is 37.1 Å². The molecule has 1 unspecified atom stereocenters. The average molecular weight is 234 g/mol. The molecule has 2 heteroatoms. The van der Waals surface area contributed by atoms with E-state index in [0.717, 1.165) is 18.9 Å². The monoisotopic (exact) mass is 234 g/mol. The molecule has 1 atom stereocenters. The molecule has 0 aromatic carbocycles. The maximum absolute atomic E-state index is 4.12. The van der Waals surface area contributed by atoms with Crippen molar-refractivity contribution >= 4 is 0 Å². The van der Waals surface area contributed by atoms with Gasteiger partial charge in [-0.2, -0.15) is 0 Å². The van der Waals surface area contributed by atoms with E-state index in [9.17, 15) is 0 Å². The Kier molecular flexibility index (Phi) is 6.87. The highest BCUT2D eigenvalue weighted by Gasteiger charge is 2.02. The van der Waals surface area contributed by atoms with Crippen molar-refractivity contribution in [3.05, 3.63) is 30.1 Å². The number of nitrogens with zero attached hydrogens (tertiary/aromatic N) is 1. The largest absolute Gasteiger partial charge is 0.314 e. The Balaban J connectivity index is 2.06. The number of rotatable bonds is 8. The fourth-order valence-corrected chi connectivity index (χ4v) is 1.94. The van der Waals surface area contributed by atoms with Crippen LogP contribution in [-0.4, -0.2) is 17.6 Å². The molecule has 1 aromatic heterocycles. The predicted molar refractivity (Wildman–Crippen MR) is 74.1 cm³/mol. The summed E-state index contributed by atoms with van der Waals surface area (Å²) in [5.74, 6) is 0.831. The molecule has 0 amide bonds. The van der Waals surface area contributed by atoms with Crippen molar-refractivity contribution in [1.29, 1.82) is 0 Å². The summed E-state index contributed by atoms with van der Waals surface area (Å²) in [4.78, 5) is 4.12. The lowest BCUT2D eigenvalue weighted by molar-refractivity contribution is 0.460. The maximum atomic E-state index is 4.12. The molecule has 0 saturated carbocycles. The Bertz CT molecular complexity index is 282. The van der Waals surface area contributed by atoms with E-state index in [-0.39, 0.29) is 0 Å². The zero-order valence-electron chi connectivity index (χ0n) is 11.4. The Morgan fingerprint density at radius 1 is 1.24 bits per heavy atom. The molecule has 0 fully saturated rings. The molecule has 0 aliphatic heterocycles. The molecule has 0 saturated heterocycles. The minimum absolute atomic E-state index is 0.630. The molecule has 0 aliphatic rings. The van der Waals surface area contributed by atoms with Crippen molar-refractivity contribution < 1.29 is 0 Å². The summed E-state index contributed by atoms with van der Waals surface area (Å²) in [5.41, 5.74) is 1.31. The third-order valence-electron chi connectivity index (χ3n) is 3.05. The van der Waals surface area contributed by atoms with Gasteiger partial charge in [-0.1, -0.05) is 32.8 Å². The van der Waals surface area contributed by atoms with Crippen molar-refractivity contribution in [3.63, 3.8) is 0 Å². The summed E-state index contributed by atoms with van der Waals surface area (Å²) in [5, 5.41) is 3.58. The quantitative estimate of drug-likeness (QED) is 0.745. The second-order valence-corrected chi connectivity index (χ2v) is 5.29. The van der Waals surface area contributed by atoms with E-state index in [4.69, 9.17) is 0 Å². The summed E-state index contributed by atoms with van der Waals surface area (Å²) in [6.45, 7) is 7.92. The van der Waals surface area contributed by atoms with Gasteiger partial charge in [0.2, 0.25) is 0 Å². The highest BCUT2D eigenvalue weighted by Crippen LogP contribution is 2.08. The normalized spacial score (nSPS) is 12.9. The van der Waals surface area contributed by atoms with Crippen LogP contribution in [0.1, 0.15) is 45.6 Å². The van der Waals surface area contributed by atoms with E-state index >= 15 is 0 Å². The van der Waals surface area contributed by atoms with Crippen LogP contribution in [0.15, 0.2) is 24.5 Å². The first-order chi connectivity index (χ1) is 8.18. The molecule has 0 spiro atoms. The Hall–Kier alpha value is -0.890. The minimum atomic E-state index is 0.630. The molecule has 1 aromatic rings. The highest BCUT2D eigenvalue weighted by molar-refractivity contribution is 5.08. The number of hydrogen-bond acceptors (Lipinski definition) is 2. The Labute approximate surface area is 106 Å². The molecule has 0 radical (unpaired) electrons. The molecule has 96 valence electrons. The Morgan fingerprint density at radius 3 is 2.71 bits per heavy atom. The lowest BCUT2D eigenvalue weighted by Crippen LogP contribution is -2.28. The lowest BCUT2D eigenvalue weighted by atomic mass is 10.0. The molecule has 0 bridgehead atoms. The van der Waals surface area contributed by atoms with Crippen LogP contribution in [0, 0.1) is 5.92 Å². The van der Waals surface area contributed by atoms with E-state index < -0.39 is 0 Å². The van der Waals surface area contributed by atoms with Crippen LogP contribution in [0.25, 0.3) is 0 Å². The van der Waals surface area contributed by atoms with Crippen LogP contribution in [0.2, 0.25) is 0 Å². The van der Waals surface area contributed by atoms with Gasteiger partial charge in [0, 0.05) is 18.4 Å². The molecule has 1 N–H and O–H groups in total. The third kappa shape index (κ3) is 7.11. The van der Waals surface area contributed by atoms with Gasteiger partial charge in [-0.3, -0.25) is 4.98 Å². The summed E-state index contributed by atoms with van der Waals surface area (Å²) < 4.78 is 0. The molecule has 1 heterocycles. The van der Waals surface area contributed by atoms with Gasteiger partial charge in [-0.05, 0) is 43.9 Å². The van der Waals surface area contributed by atoms with E-state index in [1.807, 2.05) is 18.5 Å². The molecule has 1 rings (SSSR count). The topological polar surface area (TPSA) is 24.9 Å². The molecule has 0 aliphatic carbocycles. The van der Waals surface area contributed by atoms with E-state index in [1.54, 1.807) is 0 Å². The highest BCUT2D eigenvalue weighted by atomic mass is 14.9. The van der Waals surface area contributed by atoms with E-state index in [1.165, 1.54) is 24.8 Å². The zero-order valence-corrected chi connectivity index (χ0v) is 11.4. The predicted octanol–water partition coefficient (Wildman–Crippen LogP) is 3.43. The molecule has 17 heavy (non-hydrogen) atoms. The fourth-order valence-electron chi connectivity index (χ4n) is 1.94. The average Bonchev–Trinajstić information content (AvgIpc) is 2.30. The van der Waals surface area contributed by atoms with Crippen LogP contribution < -0.4 is 5.32 Å². The van der Waals surface area contributed by atoms with Gasteiger partial charge in [0.25, 0.3) is 0 Å². The molecular weight excluding hydrogens is 208 g/mol. The van der Waals surface area contributed by atoms with Crippen molar-refractivity contribution in [3.8, 4) is 0 Å². The van der Waals surface area contributed by atoms with Crippen molar-refractivity contribution in [2.24, 2.45) is 5.92 Å². The first-order valence-electron chi connectivity index (χ1n) is 6.80. The van der Waals surface area contributed by atoms with Gasteiger partial charge in [-0.15, -0.1) is 0 Å². The lowest BCUT2D eigenvalue weighted by Gasteiger charge is -2.14. The van der Waals surface area contributed by atoms with Crippen molar-refractivity contribution in [2.45, 2.75) is 52.5 Å². The fraction of sp³-hybridized carbons (Fsp3) is 0.667. The summed E-state index contributed by atoms with van der Waals surface area (Å²) in [6.07, 6.45) is 8.80. The first kappa shape index (κ1) is 14.2. The standard InChI is InChI=1S/C15H26N2/c1-13(2)6-4-7-14(3)17-11-9-15-8-5-10-16-12-15/h5,8,10,12-14,17H,4,6-7,9,11H2,1-3H3. The second kappa shape index (κ2) is 8.24. The molecular formula is C15H26N2. The van der Waals surface area contributed by atoms with Gasteiger partial charge < -0.3 is 5.32 Å². The van der Waals surface area contributed by atoms with Crippen LogP contribution >= 0.6 is 0 Å².